The first-order valence-corrected chi connectivity index (χ1v) is 16.9. The molecule has 22 nitrogen and oxygen atoms in total. The Bertz CT molecular complexity index is 1810. The molecule has 244 valence electrons. The highest BCUT2D eigenvalue weighted by Crippen LogP contribution is 2.49. The van der Waals surface area contributed by atoms with Gasteiger partial charge in [-0.1, -0.05) is 0 Å². The number of nitrogens with zero attached hydrogens (tertiary/aromatic N) is 8. The Morgan fingerprint density at radius 3 is 1.96 bits per heavy atom. The van der Waals surface area contributed by atoms with Crippen molar-refractivity contribution < 1.29 is 57.6 Å². The van der Waals surface area contributed by atoms with E-state index in [2.05, 4.69) is 41.7 Å². The number of hydrogen-bond donors (Lipinski definition) is 8. The Labute approximate surface area is 256 Å². The lowest BCUT2D eigenvalue weighted by molar-refractivity contribution is -0.138. The van der Waals surface area contributed by atoms with Crippen LogP contribution in [0.4, 0.5) is 11.6 Å². The summed E-state index contributed by atoms with van der Waals surface area (Å²) in [6.07, 6.45) is -5.79. The van der Waals surface area contributed by atoms with E-state index < -0.39 is 76.8 Å². The molecular weight excluding hydrogens is 668 g/mol. The zero-order valence-corrected chi connectivity index (χ0v) is 25.1. The lowest BCUT2D eigenvalue weighted by Crippen LogP contribution is -2.33. The summed E-state index contributed by atoms with van der Waals surface area (Å²) in [5.41, 5.74) is 12.4. The minimum atomic E-state index is -5.08. The van der Waals surface area contributed by atoms with Gasteiger partial charge in [-0.2, -0.15) is 0 Å². The SMILES string of the molecule is Nc1ncnc2c1ncn2[C@@H]1O[C@H](OP(=O)(O)OC[C@H]2O[C@@H](n3cnc4c(N)ncnc43)[C@H](O)[C@@H]2COP(O)([18OH])=S)[C@@H](O)[C@H]1O. The molecule has 4 aromatic rings. The predicted octanol–water partition coefficient (Wildman–Crippen LogP) is -2.36. The van der Waals surface area contributed by atoms with Crippen molar-refractivity contribution in [1.82, 2.24) is 39.0 Å². The van der Waals surface area contributed by atoms with Crippen LogP contribution in [0, 0.1) is 5.92 Å². The molecule has 2 aliphatic rings. The number of anilines is 2. The number of nitrogen functional groups attached to an aromatic ring is 2. The van der Waals surface area contributed by atoms with Crippen molar-refractivity contribution in [3.05, 3.63) is 25.3 Å². The van der Waals surface area contributed by atoms with Gasteiger partial charge in [0.2, 0.25) is 0 Å². The van der Waals surface area contributed by atoms with Gasteiger partial charge in [0, 0.05) is 5.92 Å². The maximum atomic E-state index is 13.0. The molecule has 2 saturated heterocycles. The van der Waals surface area contributed by atoms with Gasteiger partial charge in [0.05, 0.1) is 32.0 Å². The lowest BCUT2D eigenvalue weighted by Gasteiger charge is -2.23. The van der Waals surface area contributed by atoms with Gasteiger partial charge in [-0.25, -0.2) is 34.5 Å². The molecular formula is C20H26N10O12P2S. The Hall–Kier alpha value is -2.86. The topological polar surface area (TPSA) is 324 Å². The van der Waals surface area contributed by atoms with Crippen molar-refractivity contribution in [2.75, 3.05) is 24.7 Å². The summed E-state index contributed by atoms with van der Waals surface area (Å²) in [4.78, 5) is 53.6. The number of aliphatic hydroxyl groups is 3. The largest absolute Gasteiger partial charge is 0.474 e. The fraction of sp³-hybridized carbons (Fsp3) is 0.500. The molecule has 2 fully saturated rings. The molecule has 2 aliphatic heterocycles. The Morgan fingerprint density at radius 1 is 0.844 bits per heavy atom. The quantitative estimate of drug-likeness (QED) is 0.0635. The summed E-state index contributed by atoms with van der Waals surface area (Å²) in [6, 6.07) is 0. The van der Waals surface area contributed by atoms with E-state index in [0.29, 0.717) is 0 Å². The molecule has 0 aromatic carbocycles. The maximum Gasteiger partial charge on any atom is 0.474 e. The molecule has 0 amide bonds. The molecule has 10 atom stereocenters. The summed E-state index contributed by atoms with van der Waals surface area (Å²) >= 11 is 4.50. The fourth-order valence-electron chi connectivity index (χ4n) is 4.96. The zero-order valence-electron chi connectivity index (χ0n) is 22.5. The van der Waals surface area contributed by atoms with Crippen molar-refractivity contribution in [2.45, 2.75) is 43.2 Å². The van der Waals surface area contributed by atoms with Crippen LogP contribution >= 0.6 is 14.5 Å². The van der Waals surface area contributed by atoms with Crippen LogP contribution in [-0.2, 0) is 39.4 Å². The Kier molecular flexibility index (Phi) is 8.60. The predicted molar refractivity (Wildman–Crippen MR) is 150 cm³/mol. The van der Waals surface area contributed by atoms with Gasteiger partial charge in [-0.3, -0.25) is 18.2 Å². The molecule has 0 spiro atoms. The van der Waals surface area contributed by atoms with Crippen LogP contribution < -0.4 is 11.5 Å². The van der Waals surface area contributed by atoms with Gasteiger partial charge >= 0.3 is 14.5 Å². The van der Waals surface area contributed by atoms with Gasteiger partial charge in [0.1, 0.15) is 42.0 Å². The van der Waals surface area contributed by atoms with Crippen LogP contribution in [-0.4, -0.2) is 113 Å². The maximum absolute atomic E-state index is 13.0. The number of fused-ring (bicyclic) bond motifs is 2. The summed E-state index contributed by atoms with van der Waals surface area (Å²) in [5.74, 6) is -0.987. The number of ether oxygens (including phenoxy) is 2. The highest BCUT2D eigenvalue weighted by molar-refractivity contribution is 8.06. The summed E-state index contributed by atoms with van der Waals surface area (Å²) in [7, 11) is -5.08. The van der Waals surface area contributed by atoms with Gasteiger partial charge in [-0.15, -0.1) is 0 Å². The highest BCUT2D eigenvalue weighted by Gasteiger charge is 2.50. The zero-order chi connectivity index (χ0) is 32.3. The second-order valence-corrected chi connectivity index (χ2v) is 14.0. The number of imidazole rings is 2. The van der Waals surface area contributed by atoms with Crippen LogP contribution in [0.15, 0.2) is 25.3 Å². The Balaban J connectivity index is 1.16. The summed E-state index contributed by atoms with van der Waals surface area (Å²) in [6.45, 7) is -5.46. The van der Waals surface area contributed by atoms with Gasteiger partial charge in [-0.05, 0) is 11.8 Å². The third-order valence-electron chi connectivity index (χ3n) is 7.11. The van der Waals surface area contributed by atoms with E-state index in [9.17, 15) is 34.6 Å². The minimum absolute atomic E-state index is 0.0508. The van der Waals surface area contributed by atoms with E-state index in [0.717, 1.165) is 6.33 Å². The van der Waals surface area contributed by atoms with E-state index in [1.165, 1.54) is 28.1 Å². The molecule has 0 radical (unpaired) electrons. The molecule has 6 heterocycles. The van der Waals surface area contributed by atoms with Crippen molar-refractivity contribution in [1.29, 1.82) is 0 Å². The molecule has 4 aromatic heterocycles. The van der Waals surface area contributed by atoms with E-state index in [4.69, 9.17) is 34.5 Å². The number of aromatic nitrogens is 8. The van der Waals surface area contributed by atoms with Crippen molar-refractivity contribution in [3.63, 3.8) is 0 Å². The normalized spacial score (nSPS) is 31.4. The molecule has 10 N–H and O–H groups in total. The van der Waals surface area contributed by atoms with Crippen LogP contribution in [0.25, 0.3) is 22.3 Å². The molecule has 6 rings (SSSR count). The molecule has 45 heavy (non-hydrogen) atoms. The number of phosphoric ester groups is 1. The number of nitrogens with two attached hydrogens (primary N) is 2. The average Bonchev–Trinajstić information content (AvgIpc) is 3.73. The van der Waals surface area contributed by atoms with Crippen molar-refractivity contribution in [3.8, 4) is 0 Å². The number of rotatable bonds is 10. The van der Waals surface area contributed by atoms with E-state index >= 15 is 0 Å². The average molecular weight is 695 g/mol. The van der Waals surface area contributed by atoms with E-state index in [-0.39, 0.29) is 34.0 Å². The smallest absolute Gasteiger partial charge is 0.388 e. The first-order valence-electron chi connectivity index (χ1n) is 12.8. The van der Waals surface area contributed by atoms with Crippen LogP contribution in [0.5, 0.6) is 0 Å². The van der Waals surface area contributed by atoms with Crippen LogP contribution in [0.3, 0.4) is 0 Å². The molecule has 25 heteroatoms. The summed E-state index contributed by atoms with van der Waals surface area (Å²) < 4.78 is 42.0. The number of hydrogen-bond acceptors (Lipinski definition) is 18. The van der Waals surface area contributed by atoms with Crippen LogP contribution in [0.2, 0.25) is 0 Å². The molecule has 0 saturated carbocycles. The minimum Gasteiger partial charge on any atom is -0.388 e. The Morgan fingerprint density at radius 2 is 1.40 bits per heavy atom. The van der Waals surface area contributed by atoms with Crippen LogP contribution in [0.1, 0.15) is 12.5 Å². The van der Waals surface area contributed by atoms with Crippen molar-refractivity contribution in [2.24, 2.45) is 5.92 Å². The fourth-order valence-corrected chi connectivity index (χ4v) is 6.34. The van der Waals surface area contributed by atoms with Gasteiger partial charge in [0.15, 0.2) is 41.7 Å². The standard InChI is InChI=1S/C20H26N10O12P2S/c21-14-9-16(25-3-23-14)29(5-27-9)18-11(31)7(1-39-44(36,37)45)8(40-18)2-38-43(34,35)42-20-13(33)12(32)19(41-20)30-6-28-10-15(22)24-4-26-17(10)30/h3-8,11-13,18-20,31-33H,1-2H2,(H,34,35)(H2,21,23,25)(H2,22,24,26)(H2,36,37,45)/t7-,8-,11-,12-,13+,18-,19-,20-/m1/s1/i36+2/t7-,8-,11-,12-,13+,18-,19-,20-,44?. The van der Waals surface area contributed by atoms with Crippen molar-refractivity contribution >= 4 is 60.3 Å². The number of phosphoric acid groups is 1. The number of aliphatic hydroxyl groups excluding tert-OH is 3. The molecule has 0 aliphatic carbocycles. The van der Waals surface area contributed by atoms with Gasteiger partial charge < -0.3 is 55.5 Å². The first kappa shape index (κ1) is 32.1. The second kappa shape index (κ2) is 12.1. The monoisotopic (exact) mass is 694 g/mol. The molecule has 2 unspecified atom stereocenters. The molecule has 0 bridgehead atoms. The van der Waals surface area contributed by atoms with Gasteiger partial charge in [0.25, 0.3) is 0 Å². The van der Waals surface area contributed by atoms with E-state index in [1.54, 1.807) is 0 Å². The highest BCUT2D eigenvalue weighted by atomic mass is 32.5. The third kappa shape index (κ3) is 6.28. The second-order valence-electron chi connectivity index (χ2n) is 9.92. The third-order valence-corrected chi connectivity index (χ3v) is 8.86. The lowest BCUT2D eigenvalue weighted by atomic mass is 9.99. The first-order chi connectivity index (χ1) is 21.2. The summed E-state index contributed by atoms with van der Waals surface area (Å²) in [5, 5.41) is 32.3. The van der Waals surface area contributed by atoms with E-state index in [1.807, 2.05) is 0 Å².